The van der Waals surface area contributed by atoms with Crippen LogP contribution < -0.4 is 15.0 Å². The number of fused-ring (bicyclic) bond motifs is 1. The molecule has 5 heteroatoms. The van der Waals surface area contributed by atoms with Gasteiger partial charge in [0.05, 0.1) is 11.7 Å². The Morgan fingerprint density at radius 3 is 2.18 bits per heavy atom. The van der Waals surface area contributed by atoms with Crippen LogP contribution in [0.1, 0.15) is 56.3 Å². The average molecular weight is 457 g/mol. The SMILES string of the molecule is CC(C)(C)c1ccc2c(c1)N(CCCC(=O)NC(c1ccccc1)c1ccccc1)C(=O)CO2. The van der Waals surface area contributed by atoms with Gasteiger partial charge in [0.15, 0.2) is 6.61 Å². The number of nitrogens with zero attached hydrogens (tertiary/aromatic N) is 1. The lowest BCUT2D eigenvalue weighted by Crippen LogP contribution is -2.40. The molecule has 3 aromatic carbocycles. The molecule has 5 nitrogen and oxygen atoms in total. The molecular weight excluding hydrogens is 424 g/mol. The minimum atomic E-state index is -0.213. The second kappa shape index (κ2) is 10.1. The quantitative estimate of drug-likeness (QED) is 0.518. The highest BCUT2D eigenvalue weighted by atomic mass is 16.5. The van der Waals surface area contributed by atoms with Crippen molar-refractivity contribution >= 4 is 17.5 Å². The summed E-state index contributed by atoms with van der Waals surface area (Å²) in [6.45, 7) is 6.93. The van der Waals surface area contributed by atoms with Crippen molar-refractivity contribution in [3.63, 3.8) is 0 Å². The first kappa shape index (κ1) is 23.6. The topological polar surface area (TPSA) is 58.6 Å². The molecule has 0 aliphatic carbocycles. The average Bonchev–Trinajstić information content (AvgIpc) is 2.84. The summed E-state index contributed by atoms with van der Waals surface area (Å²) in [5.74, 6) is 0.595. The van der Waals surface area contributed by atoms with E-state index >= 15 is 0 Å². The van der Waals surface area contributed by atoms with E-state index in [1.807, 2.05) is 78.9 Å². The highest BCUT2D eigenvalue weighted by molar-refractivity contribution is 5.98. The molecule has 0 saturated carbocycles. The number of rotatable bonds is 7. The van der Waals surface area contributed by atoms with E-state index in [0.717, 1.165) is 22.4 Å². The first-order valence-electron chi connectivity index (χ1n) is 11.8. The summed E-state index contributed by atoms with van der Waals surface area (Å²) in [5.41, 5.74) is 3.96. The molecule has 4 rings (SSSR count). The number of amides is 2. The number of hydrogen-bond donors (Lipinski definition) is 1. The summed E-state index contributed by atoms with van der Waals surface area (Å²) in [6.07, 6.45) is 0.891. The fourth-order valence-electron chi connectivity index (χ4n) is 4.19. The first-order valence-corrected chi connectivity index (χ1v) is 11.8. The second-order valence-electron chi connectivity index (χ2n) is 9.69. The maximum atomic E-state index is 12.9. The van der Waals surface area contributed by atoms with Crippen LogP contribution in [-0.2, 0) is 15.0 Å². The molecule has 0 aromatic heterocycles. The molecule has 0 saturated heterocycles. The van der Waals surface area contributed by atoms with Gasteiger partial charge in [0.2, 0.25) is 5.91 Å². The highest BCUT2D eigenvalue weighted by Crippen LogP contribution is 2.36. The van der Waals surface area contributed by atoms with Gasteiger partial charge in [-0.15, -0.1) is 0 Å². The Labute approximate surface area is 201 Å². The Morgan fingerprint density at radius 1 is 0.971 bits per heavy atom. The molecule has 176 valence electrons. The number of benzene rings is 3. The van der Waals surface area contributed by atoms with Crippen LogP contribution in [-0.4, -0.2) is 25.0 Å². The van der Waals surface area contributed by atoms with E-state index in [1.165, 1.54) is 0 Å². The van der Waals surface area contributed by atoms with Crippen molar-refractivity contribution in [2.75, 3.05) is 18.1 Å². The summed E-state index contributed by atoms with van der Waals surface area (Å²) in [4.78, 5) is 27.3. The van der Waals surface area contributed by atoms with Gasteiger partial charge >= 0.3 is 0 Å². The van der Waals surface area contributed by atoms with Crippen LogP contribution in [0.4, 0.5) is 5.69 Å². The fraction of sp³-hybridized carbons (Fsp3) is 0.310. The van der Waals surface area contributed by atoms with Gasteiger partial charge in [0.1, 0.15) is 5.75 Å². The standard InChI is InChI=1S/C29H32N2O3/c1-29(2,3)23-16-17-25-24(19-23)31(27(33)20-34-25)18-10-15-26(32)30-28(21-11-6-4-7-12-21)22-13-8-5-9-14-22/h4-9,11-14,16-17,19,28H,10,15,18,20H2,1-3H3,(H,30,32). The van der Waals surface area contributed by atoms with E-state index < -0.39 is 0 Å². The van der Waals surface area contributed by atoms with E-state index in [0.29, 0.717) is 25.1 Å². The molecule has 1 aliphatic heterocycles. The largest absolute Gasteiger partial charge is 0.482 e. The van der Waals surface area contributed by atoms with Crippen molar-refractivity contribution in [3.8, 4) is 5.75 Å². The van der Waals surface area contributed by atoms with E-state index in [1.54, 1.807) is 4.90 Å². The Bertz CT molecular complexity index is 1100. The first-order chi connectivity index (χ1) is 16.3. The van der Waals surface area contributed by atoms with Gasteiger partial charge in [-0.3, -0.25) is 9.59 Å². The van der Waals surface area contributed by atoms with Crippen molar-refractivity contribution < 1.29 is 14.3 Å². The fourth-order valence-corrected chi connectivity index (χ4v) is 4.19. The zero-order valence-electron chi connectivity index (χ0n) is 20.1. The Morgan fingerprint density at radius 2 is 1.59 bits per heavy atom. The monoisotopic (exact) mass is 456 g/mol. The van der Waals surface area contributed by atoms with Gasteiger partial charge < -0.3 is 15.0 Å². The minimum Gasteiger partial charge on any atom is -0.482 e. The van der Waals surface area contributed by atoms with Gasteiger partial charge in [-0.2, -0.15) is 0 Å². The summed E-state index contributed by atoms with van der Waals surface area (Å²) in [5, 5.41) is 3.18. The molecule has 0 bridgehead atoms. The third kappa shape index (κ3) is 5.48. The van der Waals surface area contributed by atoms with Crippen LogP contribution in [0.15, 0.2) is 78.9 Å². The zero-order valence-corrected chi connectivity index (χ0v) is 20.1. The molecule has 1 N–H and O–H groups in total. The molecule has 2 amide bonds. The van der Waals surface area contributed by atoms with Crippen LogP contribution in [0.25, 0.3) is 0 Å². The molecule has 0 spiro atoms. The molecule has 0 unspecified atom stereocenters. The molecular formula is C29H32N2O3. The lowest BCUT2D eigenvalue weighted by molar-refractivity contribution is -0.123. The Kier molecular flexibility index (Phi) is 7.01. The summed E-state index contributed by atoms with van der Waals surface area (Å²) in [6, 6.07) is 25.7. The van der Waals surface area contributed by atoms with Crippen LogP contribution in [0.5, 0.6) is 5.75 Å². The maximum absolute atomic E-state index is 12.9. The molecule has 0 atom stereocenters. The predicted molar refractivity (Wildman–Crippen MR) is 135 cm³/mol. The molecule has 0 fully saturated rings. The van der Waals surface area contributed by atoms with E-state index in [2.05, 4.69) is 26.1 Å². The summed E-state index contributed by atoms with van der Waals surface area (Å²) < 4.78 is 5.64. The Hall–Kier alpha value is -3.60. The molecule has 1 heterocycles. The number of carbonyl (C=O) groups excluding carboxylic acids is 2. The van der Waals surface area contributed by atoms with Crippen molar-refractivity contribution in [2.24, 2.45) is 0 Å². The van der Waals surface area contributed by atoms with Crippen LogP contribution in [0.2, 0.25) is 0 Å². The highest BCUT2D eigenvalue weighted by Gasteiger charge is 2.27. The third-order valence-electron chi connectivity index (χ3n) is 6.12. The molecule has 3 aromatic rings. The van der Waals surface area contributed by atoms with Gasteiger partial charge in [-0.1, -0.05) is 87.5 Å². The summed E-state index contributed by atoms with van der Waals surface area (Å²) in [7, 11) is 0. The number of ether oxygens (including phenoxy) is 1. The third-order valence-corrected chi connectivity index (χ3v) is 6.12. The molecule has 34 heavy (non-hydrogen) atoms. The lowest BCUT2D eigenvalue weighted by atomic mass is 9.86. The second-order valence-corrected chi connectivity index (χ2v) is 9.69. The van der Waals surface area contributed by atoms with Gasteiger partial charge in [0, 0.05) is 13.0 Å². The number of anilines is 1. The van der Waals surface area contributed by atoms with Gasteiger partial charge in [-0.05, 0) is 40.7 Å². The number of hydrogen-bond acceptors (Lipinski definition) is 3. The Balaban J connectivity index is 1.43. The van der Waals surface area contributed by atoms with E-state index in [4.69, 9.17) is 4.74 Å². The molecule has 0 radical (unpaired) electrons. The smallest absolute Gasteiger partial charge is 0.265 e. The maximum Gasteiger partial charge on any atom is 0.265 e. The van der Waals surface area contributed by atoms with Gasteiger partial charge in [-0.25, -0.2) is 0 Å². The lowest BCUT2D eigenvalue weighted by Gasteiger charge is -2.31. The van der Waals surface area contributed by atoms with Crippen molar-refractivity contribution in [3.05, 3.63) is 95.6 Å². The number of nitrogens with one attached hydrogen (secondary N) is 1. The molecule has 1 aliphatic rings. The van der Waals surface area contributed by atoms with Crippen LogP contribution in [0, 0.1) is 0 Å². The normalized spacial score (nSPS) is 13.4. The van der Waals surface area contributed by atoms with E-state index in [-0.39, 0.29) is 29.9 Å². The van der Waals surface area contributed by atoms with Crippen molar-refractivity contribution in [1.82, 2.24) is 5.32 Å². The van der Waals surface area contributed by atoms with Crippen LogP contribution >= 0.6 is 0 Å². The van der Waals surface area contributed by atoms with Crippen molar-refractivity contribution in [1.29, 1.82) is 0 Å². The van der Waals surface area contributed by atoms with E-state index in [9.17, 15) is 9.59 Å². The van der Waals surface area contributed by atoms with Crippen LogP contribution in [0.3, 0.4) is 0 Å². The van der Waals surface area contributed by atoms with Gasteiger partial charge in [0.25, 0.3) is 5.91 Å². The number of carbonyl (C=O) groups is 2. The predicted octanol–water partition coefficient (Wildman–Crippen LogP) is 5.40. The minimum absolute atomic E-state index is 0.0259. The zero-order chi connectivity index (χ0) is 24.1. The van der Waals surface area contributed by atoms with Crippen molar-refractivity contribution in [2.45, 2.75) is 45.1 Å². The summed E-state index contributed by atoms with van der Waals surface area (Å²) >= 11 is 0.